The van der Waals surface area contributed by atoms with E-state index >= 15 is 0 Å². The zero-order valence-electron chi connectivity index (χ0n) is 73.6. The third kappa shape index (κ3) is 10.7. The maximum atomic E-state index is 9.90. The second kappa shape index (κ2) is 24.8. The molecule has 0 N–H and O–H groups in total. The highest BCUT2D eigenvalue weighted by Gasteiger charge is 2.45. The Labute approximate surface area is 672 Å². The Kier molecular flexibility index (Phi) is 13.2. The summed E-state index contributed by atoms with van der Waals surface area (Å²) in [6, 6.07) is 93.8. The topological polar surface area (TPSA) is 34.4 Å². The Morgan fingerprint density at radius 3 is 1.19 bits per heavy atom. The van der Waals surface area contributed by atoms with E-state index in [1.165, 1.54) is 33.0 Å². The van der Waals surface area contributed by atoms with E-state index in [2.05, 4.69) is 351 Å². The van der Waals surface area contributed by atoms with Crippen molar-refractivity contribution in [1.29, 1.82) is 0 Å². The number of fused-ring (bicyclic) bond motifs is 16. The lowest BCUT2D eigenvalue weighted by Gasteiger charge is -2.45. The summed E-state index contributed by atoms with van der Waals surface area (Å²) in [6.45, 7) is 26.9. The van der Waals surface area contributed by atoms with Crippen LogP contribution >= 0.6 is 0 Å². The number of furan rings is 1. The van der Waals surface area contributed by atoms with Crippen LogP contribution in [-0.2, 0) is 21.7 Å². The van der Waals surface area contributed by atoms with Gasteiger partial charge < -0.3 is 27.9 Å². The molecule has 0 amide bonds. The van der Waals surface area contributed by atoms with Crippen LogP contribution in [0.15, 0.2) is 320 Å². The van der Waals surface area contributed by atoms with Crippen LogP contribution < -0.4 is 26.2 Å². The molecule has 0 saturated carbocycles. The molecule has 6 heterocycles. The Balaban J connectivity index is 0.935. The monoisotopic (exact) mass is 1470 g/mol. The summed E-state index contributed by atoms with van der Waals surface area (Å²) in [5.74, 6) is 0. The summed E-state index contributed by atoms with van der Waals surface area (Å²) in [5.41, 5.74) is 26.1. The number of para-hydroxylation sites is 6. The molecule has 21 rings (SSSR count). The second-order valence-electron chi connectivity index (χ2n) is 35.2. The summed E-state index contributed by atoms with van der Waals surface area (Å²) >= 11 is 0. The van der Waals surface area contributed by atoms with E-state index in [1.54, 1.807) is 4.57 Å². The normalized spacial score (nSPS) is 14.2. The van der Waals surface area contributed by atoms with Crippen molar-refractivity contribution in [2.24, 2.45) is 0 Å². The van der Waals surface area contributed by atoms with E-state index in [0.717, 1.165) is 144 Å². The van der Waals surface area contributed by atoms with E-state index in [0.29, 0.717) is 11.3 Å². The van der Waals surface area contributed by atoms with Crippen molar-refractivity contribution in [1.82, 2.24) is 13.7 Å². The molecule has 2 aliphatic heterocycles. The molecule has 0 radical (unpaired) electrons. The fraction of sp³-hybridized carbons (Fsp3) is 0.151. The smallest absolute Gasteiger partial charge is 0.252 e. The molecule has 0 saturated heterocycles. The molecule has 0 fully saturated rings. The first-order chi connectivity index (χ1) is 57.9. The molecular weight excluding hydrogens is 1370 g/mol. The average Bonchev–Trinajstić information content (AvgIpc) is 1.56. The van der Waals surface area contributed by atoms with Gasteiger partial charge in [0.25, 0.3) is 6.71 Å². The zero-order valence-corrected chi connectivity index (χ0v) is 65.6. The Morgan fingerprint density at radius 1 is 0.257 bits per heavy atom. The quantitative estimate of drug-likeness (QED) is 0.142. The lowest BCUT2D eigenvalue weighted by atomic mass is 9.33. The van der Waals surface area contributed by atoms with Crippen LogP contribution in [0.25, 0.3) is 138 Å². The summed E-state index contributed by atoms with van der Waals surface area (Å²) in [7, 11) is 0. The maximum Gasteiger partial charge on any atom is 0.252 e. The van der Waals surface area contributed by atoms with Crippen molar-refractivity contribution in [3.05, 3.63) is 338 Å². The minimum absolute atomic E-state index is 0.00410. The lowest BCUT2D eigenvalue weighted by molar-refractivity contribution is 0.569. The number of aromatic nitrogens is 3. The van der Waals surface area contributed by atoms with Crippen molar-refractivity contribution in [3.8, 4) is 50.4 Å². The van der Waals surface area contributed by atoms with Crippen LogP contribution in [0, 0.1) is 0 Å². The van der Waals surface area contributed by atoms with Gasteiger partial charge in [-0.2, -0.15) is 0 Å². The third-order valence-electron chi connectivity index (χ3n) is 24.0. The molecular formula is C106H88BN5O. The van der Waals surface area contributed by atoms with Crippen molar-refractivity contribution in [2.75, 3.05) is 9.80 Å². The summed E-state index contributed by atoms with van der Waals surface area (Å²) < 4.78 is 90.3. The Hall–Kier alpha value is -12.8. The molecule has 15 aromatic carbocycles. The molecule has 4 aromatic heterocycles. The van der Waals surface area contributed by atoms with Gasteiger partial charge in [0.15, 0.2) is 11.2 Å². The van der Waals surface area contributed by atoms with Gasteiger partial charge in [-0.1, -0.05) is 283 Å². The van der Waals surface area contributed by atoms with E-state index < -0.39 is 43.0 Å². The van der Waals surface area contributed by atoms with Crippen LogP contribution in [0.3, 0.4) is 0 Å². The first-order valence-electron chi connectivity index (χ1n) is 43.4. The van der Waals surface area contributed by atoms with Gasteiger partial charge in [0.2, 0.25) is 0 Å². The summed E-state index contributed by atoms with van der Waals surface area (Å²) in [5, 5.41) is 6.56. The summed E-state index contributed by atoms with van der Waals surface area (Å²) in [6.07, 6.45) is 0. The van der Waals surface area contributed by atoms with Crippen LogP contribution in [0.5, 0.6) is 0 Å². The molecule has 0 aliphatic carbocycles. The van der Waals surface area contributed by atoms with Gasteiger partial charge in [0.05, 0.1) is 55.4 Å². The highest BCUT2D eigenvalue weighted by Crippen LogP contribution is 2.53. The Morgan fingerprint density at radius 2 is 0.673 bits per heavy atom. The SMILES string of the molecule is [2H]c1c([2H])c([2H])c2c(c1[2H])c1c([2H])c([2H])c([2H])c([2H])c1n2-c1ccc2c(c1)N(c1cc(-c3ccccc3)cc(-c3ccccc3)c1)c1cc(-c3cc(C(C)(C)C)cc(C(C)(C)C)c3)cc3c1B2c1ccc(-n2c4ccc(C(C)(C)C)cc4c4cc(C(C)(C)C)ccc42)cc1N3c1cccc2c1oc1c(-n3c4ccccc4c4ccccc43)cccc12. The molecule has 0 unspecified atom stereocenters. The number of rotatable bonds is 8. The van der Waals surface area contributed by atoms with Crippen LogP contribution in [0.2, 0.25) is 0 Å². The molecule has 546 valence electrons. The van der Waals surface area contributed by atoms with Crippen molar-refractivity contribution >= 4 is 145 Å². The minimum atomic E-state index is -0.539. The van der Waals surface area contributed by atoms with Gasteiger partial charge in [-0.25, -0.2) is 0 Å². The standard InChI is InChI=1S/C106H88BN5O/c1-103(2,3)71-45-51-92-84(61-71)85-62-72(104(4,5)6)46-52-93(85)109(92)76-48-50-87-97(64-76)112(95-44-28-38-83-82-37-27-43-94(101(82)113-102(83)95)111-90-41-25-21-35-80(90)81-36-22-26-42-91(81)111)99-59-70(69-54-73(105(7,8)9)60-74(55-69)106(10,11)12)58-98-100(99)107(87)86-49-47-75(108-88-39-23-19-33-78(88)79-34-20-24-40-89(79)108)63-96(86)110(98)77-56-67(65-29-15-13-16-30-65)53-68(57-77)66-31-17-14-18-32-66/h13-64H,1-12H3/i19D,20D,23D,24D,33D,34D,39D,40D. The fourth-order valence-corrected chi connectivity index (χ4v) is 18.2. The van der Waals surface area contributed by atoms with Crippen molar-refractivity contribution in [3.63, 3.8) is 0 Å². The lowest BCUT2D eigenvalue weighted by Crippen LogP contribution is -2.61. The Bertz CT molecular complexity index is 7400. The number of benzene rings is 15. The first kappa shape index (κ1) is 60.0. The minimum Gasteiger partial charge on any atom is -0.452 e. The van der Waals surface area contributed by atoms with E-state index in [1.807, 2.05) is 18.2 Å². The average molecular weight is 1470 g/mol. The van der Waals surface area contributed by atoms with Gasteiger partial charge >= 0.3 is 0 Å². The predicted molar refractivity (Wildman–Crippen MR) is 482 cm³/mol. The highest BCUT2D eigenvalue weighted by atomic mass is 16.3. The molecule has 113 heavy (non-hydrogen) atoms. The molecule has 2 aliphatic rings. The molecule has 0 bridgehead atoms. The van der Waals surface area contributed by atoms with E-state index in [9.17, 15) is 8.22 Å². The predicted octanol–water partition coefficient (Wildman–Crippen LogP) is 27.2. The molecule has 0 atom stereocenters. The van der Waals surface area contributed by atoms with Crippen molar-refractivity contribution in [2.45, 2.75) is 105 Å². The second-order valence-corrected chi connectivity index (χ2v) is 35.2. The van der Waals surface area contributed by atoms with Gasteiger partial charge in [-0.05, 0) is 209 Å². The highest BCUT2D eigenvalue weighted by molar-refractivity contribution is 7.00. The molecule has 7 heteroatoms. The van der Waals surface area contributed by atoms with Gasteiger partial charge in [-0.3, -0.25) is 0 Å². The molecule has 19 aromatic rings. The number of anilines is 6. The number of hydrogen-bond donors (Lipinski definition) is 0. The number of hydrogen-bond acceptors (Lipinski definition) is 3. The van der Waals surface area contributed by atoms with Crippen LogP contribution in [0.1, 0.15) is 116 Å². The largest absolute Gasteiger partial charge is 0.452 e. The fourth-order valence-electron chi connectivity index (χ4n) is 18.2. The van der Waals surface area contributed by atoms with Gasteiger partial charge in [-0.15, -0.1) is 0 Å². The van der Waals surface area contributed by atoms with E-state index in [-0.39, 0.29) is 55.6 Å². The van der Waals surface area contributed by atoms with Crippen LogP contribution in [0.4, 0.5) is 34.1 Å². The van der Waals surface area contributed by atoms with Crippen LogP contribution in [-0.4, -0.2) is 20.4 Å². The third-order valence-corrected chi connectivity index (χ3v) is 24.0. The van der Waals surface area contributed by atoms with Crippen molar-refractivity contribution < 1.29 is 15.4 Å². The number of nitrogens with zero attached hydrogens (tertiary/aromatic N) is 5. The van der Waals surface area contributed by atoms with Gasteiger partial charge in [0.1, 0.15) is 0 Å². The zero-order chi connectivity index (χ0) is 83.8. The molecule has 0 spiro atoms. The van der Waals surface area contributed by atoms with Gasteiger partial charge in [0, 0.05) is 82.9 Å². The summed E-state index contributed by atoms with van der Waals surface area (Å²) in [4.78, 5) is 4.89. The maximum absolute atomic E-state index is 9.90. The van der Waals surface area contributed by atoms with E-state index in [4.69, 9.17) is 7.16 Å². The molecule has 6 nitrogen and oxygen atoms in total. The first-order valence-corrected chi connectivity index (χ1v) is 39.4.